The van der Waals surface area contributed by atoms with Crippen LogP contribution in [0.2, 0.25) is 0 Å². The van der Waals surface area contributed by atoms with Crippen LogP contribution in [0.15, 0.2) is 24.3 Å². The Kier molecular flexibility index (Phi) is 6.43. The van der Waals surface area contributed by atoms with Crippen molar-refractivity contribution in [3.05, 3.63) is 29.8 Å². The second-order valence-corrected chi connectivity index (χ2v) is 6.34. The number of anilines is 1. The third-order valence-corrected chi connectivity index (χ3v) is 4.05. The van der Waals surface area contributed by atoms with E-state index in [0.717, 1.165) is 37.4 Å². The third kappa shape index (κ3) is 5.42. The maximum absolute atomic E-state index is 12.2. The SMILES string of the molecule is CC(C)NCC(=O)N1CCN(c2cccc(CNC(=N)N)c2)CC1. The summed E-state index contributed by atoms with van der Waals surface area (Å²) in [6.45, 7) is 8.18. The van der Waals surface area contributed by atoms with Gasteiger partial charge in [-0.05, 0) is 17.7 Å². The Hall–Kier alpha value is -2.28. The van der Waals surface area contributed by atoms with Crippen LogP contribution >= 0.6 is 0 Å². The molecule has 1 amide bonds. The Bertz CT molecular complexity index is 566. The predicted molar refractivity (Wildman–Crippen MR) is 97.1 cm³/mol. The van der Waals surface area contributed by atoms with Crippen molar-refractivity contribution in [3.63, 3.8) is 0 Å². The molecule has 1 aliphatic heterocycles. The maximum Gasteiger partial charge on any atom is 0.236 e. The maximum atomic E-state index is 12.2. The summed E-state index contributed by atoms with van der Waals surface area (Å²) in [5, 5.41) is 13.2. The fourth-order valence-corrected chi connectivity index (χ4v) is 2.68. The monoisotopic (exact) mass is 332 g/mol. The van der Waals surface area contributed by atoms with Gasteiger partial charge in [-0.2, -0.15) is 0 Å². The summed E-state index contributed by atoms with van der Waals surface area (Å²) < 4.78 is 0. The number of nitrogens with zero attached hydrogens (tertiary/aromatic N) is 2. The van der Waals surface area contributed by atoms with Crippen LogP contribution in [0.25, 0.3) is 0 Å². The van der Waals surface area contributed by atoms with E-state index in [9.17, 15) is 4.79 Å². The summed E-state index contributed by atoms with van der Waals surface area (Å²) in [5.74, 6) is 0.144. The molecule has 0 spiro atoms. The Labute approximate surface area is 143 Å². The lowest BCUT2D eigenvalue weighted by molar-refractivity contribution is -0.130. The first-order valence-electron chi connectivity index (χ1n) is 8.38. The van der Waals surface area contributed by atoms with Crippen LogP contribution in [0.1, 0.15) is 19.4 Å². The number of guanidine groups is 1. The Morgan fingerprint density at radius 2 is 2.00 bits per heavy atom. The van der Waals surface area contributed by atoms with Gasteiger partial charge in [-0.25, -0.2) is 0 Å². The number of rotatable bonds is 6. The van der Waals surface area contributed by atoms with Gasteiger partial charge in [0.15, 0.2) is 5.96 Å². The van der Waals surface area contributed by atoms with Gasteiger partial charge < -0.3 is 26.2 Å². The van der Waals surface area contributed by atoms with E-state index in [1.807, 2.05) is 30.9 Å². The lowest BCUT2D eigenvalue weighted by Crippen LogP contribution is -2.51. The van der Waals surface area contributed by atoms with E-state index < -0.39 is 0 Å². The van der Waals surface area contributed by atoms with Crippen molar-refractivity contribution in [2.24, 2.45) is 5.73 Å². The van der Waals surface area contributed by atoms with Gasteiger partial charge in [-0.3, -0.25) is 10.2 Å². The van der Waals surface area contributed by atoms with E-state index in [-0.39, 0.29) is 11.9 Å². The third-order valence-electron chi connectivity index (χ3n) is 4.05. The minimum atomic E-state index is -0.0254. The van der Waals surface area contributed by atoms with Crippen molar-refractivity contribution in [1.29, 1.82) is 5.41 Å². The van der Waals surface area contributed by atoms with E-state index in [0.29, 0.717) is 19.1 Å². The summed E-state index contributed by atoms with van der Waals surface area (Å²) in [7, 11) is 0. The predicted octanol–water partition coefficient (Wildman–Crippen LogP) is 0.316. The first-order chi connectivity index (χ1) is 11.5. The highest BCUT2D eigenvalue weighted by molar-refractivity contribution is 5.78. The average molecular weight is 332 g/mol. The van der Waals surface area contributed by atoms with Gasteiger partial charge in [0.05, 0.1) is 6.54 Å². The second kappa shape index (κ2) is 8.54. The van der Waals surface area contributed by atoms with Gasteiger partial charge in [-0.15, -0.1) is 0 Å². The molecule has 0 aromatic heterocycles. The molecule has 0 saturated carbocycles. The molecule has 1 aliphatic rings. The van der Waals surface area contributed by atoms with E-state index >= 15 is 0 Å². The van der Waals surface area contributed by atoms with Crippen LogP contribution in [-0.2, 0) is 11.3 Å². The molecule has 1 fully saturated rings. The lowest BCUT2D eigenvalue weighted by Gasteiger charge is -2.36. The highest BCUT2D eigenvalue weighted by Crippen LogP contribution is 2.18. The molecule has 5 N–H and O–H groups in total. The zero-order chi connectivity index (χ0) is 17.5. The number of piperazine rings is 1. The minimum Gasteiger partial charge on any atom is -0.370 e. The number of hydrogen-bond acceptors (Lipinski definition) is 4. The molecule has 1 aromatic carbocycles. The summed E-state index contributed by atoms with van der Waals surface area (Å²) in [6.07, 6.45) is 0. The molecule has 0 unspecified atom stereocenters. The summed E-state index contributed by atoms with van der Waals surface area (Å²) >= 11 is 0. The van der Waals surface area contributed by atoms with Gasteiger partial charge in [0, 0.05) is 44.5 Å². The van der Waals surface area contributed by atoms with E-state index in [2.05, 4.69) is 27.7 Å². The average Bonchev–Trinajstić information content (AvgIpc) is 2.58. The number of nitrogens with one attached hydrogen (secondary N) is 3. The first kappa shape index (κ1) is 18.1. The van der Waals surface area contributed by atoms with Crippen molar-refractivity contribution in [1.82, 2.24) is 15.5 Å². The molecule has 7 heteroatoms. The summed E-state index contributed by atoms with van der Waals surface area (Å²) in [4.78, 5) is 16.4. The van der Waals surface area contributed by atoms with Crippen molar-refractivity contribution >= 4 is 17.6 Å². The Morgan fingerprint density at radius 1 is 1.29 bits per heavy atom. The van der Waals surface area contributed by atoms with Crippen LogP contribution in [0.4, 0.5) is 5.69 Å². The van der Waals surface area contributed by atoms with Crippen LogP contribution in [0, 0.1) is 5.41 Å². The number of carbonyl (C=O) groups is 1. The Balaban J connectivity index is 1.86. The van der Waals surface area contributed by atoms with Crippen molar-refractivity contribution < 1.29 is 4.79 Å². The number of amides is 1. The summed E-state index contributed by atoms with van der Waals surface area (Å²) in [6, 6.07) is 8.53. The number of carbonyl (C=O) groups excluding carboxylic acids is 1. The van der Waals surface area contributed by atoms with Gasteiger partial charge >= 0.3 is 0 Å². The van der Waals surface area contributed by atoms with Crippen LogP contribution in [-0.4, -0.2) is 55.5 Å². The van der Waals surface area contributed by atoms with Gasteiger partial charge in [-0.1, -0.05) is 26.0 Å². The zero-order valence-corrected chi connectivity index (χ0v) is 14.5. The van der Waals surface area contributed by atoms with E-state index in [1.54, 1.807) is 0 Å². The summed E-state index contributed by atoms with van der Waals surface area (Å²) in [5.41, 5.74) is 7.56. The first-order valence-corrected chi connectivity index (χ1v) is 8.38. The topological polar surface area (TPSA) is 97.5 Å². The molecule has 0 radical (unpaired) electrons. The fraction of sp³-hybridized carbons (Fsp3) is 0.529. The second-order valence-electron chi connectivity index (χ2n) is 6.34. The van der Waals surface area contributed by atoms with Gasteiger partial charge in [0.1, 0.15) is 0 Å². The van der Waals surface area contributed by atoms with Crippen molar-refractivity contribution in [2.75, 3.05) is 37.6 Å². The van der Waals surface area contributed by atoms with E-state index in [1.165, 1.54) is 0 Å². The molecule has 132 valence electrons. The standard InChI is InChI=1S/C17H28N6O/c1-13(2)20-12-16(24)23-8-6-22(7-9-23)15-5-3-4-14(10-15)11-21-17(18)19/h3-5,10,13,20H,6-9,11-12H2,1-2H3,(H4,18,19,21). The van der Waals surface area contributed by atoms with Crippen molar-refractivity contribution in [3.8, 4) is 0 Å². The molecule has 1 aromatic rings. The highest BCUT2D eigenvalue weighted by Gasteiger charge is 2.21. The smallest absolute Gasteiger partial charge is 0.236 e. The van der Waals surface area contributed by atoms with Gasteiger partial charge in [0.25, 0.3) is 0 Å². The van der Waals surface area contributed by atoms with Crippen molar-refractivity contribution in [2.45, 2.75) is 26.4 Å². The number of benzene rings is 1. The van der Waals surface area contributed by atoms with Crippen LogP contribution < -0.4 is 21.3 Å². The molecule has 24 heavy (non-hydrogen) atoms. The molecule has 2 rings (SSSR count). The molecule has 0 atom stereocenters. The fourth-order valence-electron chi connectivity index (χ4n) is 2.68. The lowest BCUT2D eigenvalue weighted by atomic mass is 10.1. The van der Waals surface area contributed by atoms with Crippen LogP contribution in [0.3, 0.4) is 0 Å². The molecule has 0 aliphatic carbocycles. The molecule has 1 heterocycles. The molecule has 1 saturated heterocycles. The number of nitrogens with two attached hydrogens (primary N) is 1. The van der Waals surface area contributed by atoms with Crippen LogP contribution in [0.5, 0.6) is 0 Å². The molecule has 0 bridgehead atoms. The highest BCUT2D eigenvalue weighted by atomic mass is 16.2. The number of hydrogen-bond donors (Lipinski definition) is 4. The zero-order valence-electron chi connectivity index (χ0n) is 14.5. The normalized spacial score (nSPS) is 14.8. The molecular formula is C17H28N6O. The molecular weight excluding hydrogens is 304 g/mol. The minimum absolute atomic E-state index is 0.0254. The largest absolute Gasteiger partial charge is 0.370 e. The quantitative estimate of drug-likeness (QED) is 0.444. The Morgan fingerprint density at radius 3 is 2.62 bits per heavy atom. The van der Waals surface area contributed by atoms with E-state index in [4.69, 9.17) is 11.1 Å². The van der Waals surface area contributed by atoms with Gasteiger partial charge in [0.2, 0.25) is 5.91 Å². The molecule has 7 nitrogen and oxygen atoms in total.